The predicted molar refractivity (Wildman–Crippen MR) is 87.8 cm³/mol. The Labute approximate surface area is 136 Å². The molecule has 6 heteroatoms. The number of anilines is 1. The van der Waals surface area contributed by atoms with Crippen LogP contribution in [0.3, 0.4) is 0 Å². The quantitative estimate of drug-likeness (QED) is 0.797. The normalized spacial score (nSPS) is 12.7. The number of nitrogens with one attached hydrogen (secondary N) is 1. The molecule has 0 aliphatic carbocycles. The molecule has 1 aliphatic heterocycles. The first kappa shape index (κ1) is 14.0. The Hall–Kier alpha value is -2.60. The fourth-order valence-corrected chi connectivity index (χ4v) is 3.19. The van der Waals surface area contributed by atoms with Gasteiger partial charge in [-0.1, -0.05) is 6.07 Å². The Morgan fingerprint density at radius 2 is 2.30 bits per heavy atom. The van der Waals surface area contributed by atoms with Crippen LogP contribution in [-0.4, -0.2) is 17.5 Å². The van der Waals surface area contributed by atoms with Crippen LogP contribution in [0.1, 0.15) is 11.3 Å². The van der Waals surface area contributed by atoms with Crippen LogP contribution in [0.15, 0.2) is 46.4 Å². The van der Waals surface area contributed by atoms with Gasteiger partial charge in [0, 0.05) is 12.1 Å². The number of carbonyl (C=O) groups is 1. The molecule has 0 spiro atoms. The van der Waals surface area contributed by atoms with Gasteiger partial charge in [0.25, 0.3) is 0 Å². The maximum atomic E-state index is 12.2. The highest BCUT2D eigenvalue weighted by molar-refractivity contribution is 7.13. The van der Waals surface area contributed by atoms with E-state index in [9.17, 15) is 4.79 Å². The predicted octanol–water partition coefficient (Wildman–Crippen LogP) is 3.52. The minimum absolute atomic E-state index is 0.116. The van der Waals surface area contributed by atoms with Gasteiger partial charge in [0.05, 0.1) is 23.6 Å². The van der Waals surface area contributed by atoms with Crippen molar-refractivity contribution in [3.05, 3.63) is 53.2 Å². The van der Waals surface area contributed by atoms with Gasteiger partial charge >= 0.3 is 0 Å². The van der Waals surface area contributed by atoms with Crippen LogP contribution in [0.5, 0.6) is 5.75 Å². The van der Waals surface area contributed by atoms with Crippen molar-refractivity contribution in [3.63, 3.8) is 0 Å². The Bertz CT molecular complexity index is 839. The van der Waals surface area contributed by atoms with Crippen LogP contribution in [0.25, 0.3) is 10.8 Å². The smallest absolute Gasteiger partial charge is 0.236 e. The third-order valence-corrected chi connectivity index (χ3v) is 4.46. The van der Waals surface area contributed by atoms with Gasteiger partial charge in [-0.15, -0.1) is 11.3 Å². The molecule has 0 atom stereocenters. The first-order chi connectivity index (χ1) is 11.3. The zero-order valence-electron chi connectivity index (χ0n) is 12.2. The van der Waals surface area contributed by atoms with Crippen LogP contribution >= 0.6 is 11.3 Å². The van der Waals surface area contributed by atoms with E-state index in [1.54, 1.807) is 11.3 Å². The van der Waals surface area contributed by atoms with Crippen molar-refractivity contribution >= 4 is 22.9 Å². The Kier molecular flexibility index (Phi) is 3.59. The highest BCUT2D eigenvalue weighted by Crippen LogP contribution is 2.28. The molecule has 5 nitrogen and oxygen atoms in total. The number of oxazole rings is 1. The van der Waals surface area contributed by atoms with E-state index in [-0.39, 0.29) is 12.3 Å². The zero-order chi connectivity index (χ0) is 15.6. The lowest BCUT2D eigenvalue weighted by atomic mass is 10.1. The Balaban J connectivity index is 1.42. The summed E-state index contributed by atoms with van der Waals surface area (Å²) in [6, 6.07) is 9.58. The Morgan fingerprint density at radius 3 is 3.17 bits per heavy atom. The molecule has 0 saturated carbocycles. The van der Waals surface area contributed by atoms with Crippen molar-refractivity contribution < 1.29 is 13.9 Å². The van der Waals surface area contributed by atoms with Crippen LogP contribution in [0.4, 0.5) is 5.69 Å². The Morgan fingerprint density at radius 1 is 1.35 bits per heavy atom. The minimum atomic E-state index is -0.116. The molecule has 0 bridgehead atoms. The van der Waals surface area contributed by atoms with Crippen LogP contribution in [-0.2, 0) is 17.6 Å². The molecule has 1 N–H and O–H groups in total. The van der Waals surface area contributed by atoms with Crippen LogP contribution < -0.4 is 10.1 Å². The second-order valence-electron chi connectivity index (χ2n) is 5.27. The van der Waals surface area contributed by atoms with Gasteiger partial charge in [-0.3, -0.25) is 4.79 Å². The summed E-state index contributed by atoms with van der Waals surface area (Å²) in [6.07, 6.45) is 2.60. The summed E-state index contributed by atoms with van der Waals surface area (Å²) in [7, 11) is 0. The average Bonchev–Trinajstić information content (AvgIpc) is 3.27. The molecule has 0 saturated heterocycles. The van der Waals surface area contributed by atoms with Crippen molar-refractivity contribution in [1.29, 1.82) is 0 Å². The topological polar surface area (TPSA) is 64.4 Å². The number of fused-ring (bicyclic) bond motifs is 1. The lowest BCUT2D eigenvalue weighted by Gasteiger charge is -2.05. The van der Waals surface area contributed by atoms with E-state index in [1.807, 2.05) is 35.7 Å². The number of aromatic nitrogens is 1. The lowest BCUT2D eigenvalue weighted by Crippen LogP contribution is -2.14. The molecular formula is C17H14N2O3S. The van der Waals surface area contributed by atoms with Crippen molar-refractivity contribution in [2.45, 2.75) is 12.8 Å². The SMILES string of the molecule is O=C(Cc1coc(-c2cccs2)n1)Nc1ccc2c(c1)CCO2. The summed E-state index contributed by atoms with van der Waals surface area (Å²) in [4.78, 5) is 17.5. The molecule has 4 rings (SSSR count). The van der Waals surface area contributed by atoms with Gasteiger partial charge in [-0.25, -0.2) is 4.98 Å². The van der Waals surface area contributed by atoms with Crippen LogP contribution in [0, 0.1) is 0 Å². The second kappa shape index (κ2) is 5.89. The number of rotatable bonds is 4. The monoisotopic (exact) mass is 326 g/mol. The summed E-state index contributed by atoms with van der Waals surface area (Å²) < 4.78 is 10.9. The standard InChI is InChI=1S/C17H14N2O3S/c20-16(18-12-3-4-14-11(8-12)5-6-21-14)9-13-10-22-17(19-13)15-2-1-7-23-15/h1-4,7-8,10H,5-6,9H2,(H,18,20). The number of thiophene rings is 1. The third-order valence-electron chi connectivity index (χ3n) is 3.60. The molecule has 3 heterocycles. The highest BCUT2D eigenvalue weighted by atomic mass is 32.1. The summed E-state index contributed by atoms with van der Waals surface area (Å²) >= 11 is 1.55. The largest absolute Gasteiger partial charge is 0.493 e. The van der Waals surface area contributed by atoms with Gasteiger partial charge in [0.2, 0.25) is 11.8 Å². The number of benzene rings is 1. The molecule has 23 heavy (non-hydrogen) atoms. The van der Waals surface area contributed by atoms with E-state index >= 15 is 0 Å². The summed E-state index contributed by atoms with van der Waals surface area (Å²) in [5.74, 6) is 1.34. The summed E-state index contributed by atoms with van der Waals surface area (Å²) in [5.41, 5.74) is 2.53. The summed E-state index contributed by atoms with van der Waals surface area (Å²) in [5, 5.41) is 4.85. The van der Waals surface area contributed by atoms with Gasteiger partial charge in [-0.2, -0.15) is 0 Å². The first-order valence-corrected chi connectivity index (χ1v) is 8.20. The molecule has 116 valence electrons. The zero-order valence-corrected chi connectivity index (χ0v) is 13.1. The van der Waals surface area contributed by atoms with E-state index < -0.39 is 0 Å². The highest BCUT2D eigenvalue weighted by Gasteiger charge is 2.14. The number of carbonyl (C=O) groups excluding carboxylic acids is 1. The van der Waals surface area contributed by atoms with Gasteiger partial charge < -0.3 is 14.5 Å². The number of nitrogens with zero attached hydrogens (tertiary/aromatic N) is 1. The molecule has 2 aromatic heterocycles. The average molecular weight is 326 g/mol. The van der Waals surface area contributed by atoms with Crippen molar-refractivity contribution in [3.8, 4) is 16.5 Å². The summed E-state index contributed by atoms with van der Waals surface area (Å²) in [6.45, 7) is 0.706. The number of amides is 1. The molecular weight excluding hydrogens is 312 g/mol. The molecule has 0 radical (unpaired) electrons. The fraction of sp³-hybridized carbons (Fsp3) is 0.176. The van der Waals surface area contributed by atoms with Gasteiger partial charge in [0.1, 0.15) is 12.0 Å². The second-order valence-corrected chi connectivity index (χ2v) is 6.21. The third kappa shape index (κ3) is 2.98. The maximum absolute atomic E-state index is 12.2. The molecule has 1 aliphatic rings. The molecule has 1 amide bonds. The number of hydrogen-bond donors (Lipinski definition) is 1. The van der Waals surface area contributed by atoms with Gasteiger partial charge in [0.15, 0.2) is 0 Å². The number of ether oxygens (including phenoxy) is 1. The minimum Gasteiger partial charge on any atom is -0.493 e. The van der Waals surface area contributed by atoms with E-state index in [2.05, 4.69) is 10.3 Å². The molecule has 0 unspecified atom stereocenters. The number of hydrogen-bond acceptors (Lipinski definition) is 5. The molecule has 0 fully saturated rings. The van der Waals surface area contributed by atoms with Crippen molar-refractivity contribution in [2.75, 3.05) is 11.9 Å². The molecule has 3 aromatic rings. The van der Waals surface area contributed by atoms with E-state index in [0.717, 1.165) is 28.3 Å². The lowest BCUT2D eigenvalue weighted by molar-refractivity contribution is -0.115. The van der Waals surface area contributed by atoms with Crippen molar-refractivity contribution in [1.82, 2.24) is 4.98 Å². The maximum Gasteiger partial charge on any atom is 0.236 e. The van der Waals surface area contributed by atoms with E-state index in [4.69, 9.17) is 9.15 Å². The van der Waals surface area contributed by atoms with Gasteiger partial charge in [-0.05, 0) is 35.2 Å². The van der Waals surface area contributed by atoms with E-state index in [1.165, 1.54) is 6.26 Å². The van der Waals surface area contributed by atoms with E-state index in [0.29, 0.717) is 18.2 Å². The molecule has 1 aromatic carbocycles. The fourth-order valence-electron chi connectivity index (χ4n) is 2.54. The van der Waals surface area contributed by atoms with Crippen molar-refractivity contribution in [2.24, 2.45) is 0 Å². The first-order valence-electron chi connectivity index (χ1n) is 7.32. The van der Waals surface area contributed by atoms with Crippen LogP contribution in [0.2, 0.25) is 0 Å².